The smallest absolute Gasteiger partial charge is 0.410 e. The highest BCUT2D eigenvalue weighted by atomic mass is 19.2. The molecule has 0 saturated carbocycles. The molecule has 3 heterocycles. The van der Waals surface area contributed by atoms with Crippen molar-refractivity contribution in [1.82, 2.24) is 19.4 Å². The summed E-state index contributed by atoms with van der Waals surface area (Å²) in [4.78, 5) is 35.7. The van der Waals surface area contributed by atoms with Crippen molar-refractivity contribution in [3.05, 3.63) is 82.0 Å². The molecule has 1 fully saturated rings. The van der Waals surface area contributed by atoms with Crippen LogP contribution in [0.3, 0.4) is 0 Å². The molecule has 0 spiro atoms. The number of piperidine rings is 1. The molecule has 214 valence electrons. The summed E-state index contributed by atoms with van der Waals surface area (Å²) in [5.74, 6) is -4.17. The van der Waals surface area contributed by atoms with Gasteiger partial charge >= 0.3 is 6.09 Å². The Bertz CT molecular complexity index is 1670. The lowest BCUT2D eigenvalue weighted by atomic mass is 10.0. The Morgan fingerprint density at radius 2 is 1.88 bits per heavy atom. The lowest BCUT2D eigenvalue weighted by molar-refractivity contribution is 0.0685. The molecular weight excluding hydrogens is 544 g/mol. The number of pyridine rings is 1. The van der Waals surface area contributed by atoms with Crippen molar-refractivity contribution in [2.75, 3.05) is 24.1 Å². The second-order valence-corrected chi connectivity index (χ2v) is 9.65. The predicted molar refractivity (Wildman–Crippen MR) is 144 cm³/mol. The van der Waals surface area contributed by atoms with Crippen molar-refractivity contribution in [1.29, 1.82) is 0 Å². The fourth-order valence-corrected chi connectivity index (χ4v) is 4.80. The molecule has 5 rings (SSSR count). The number of anilines is 2. The van der Waals surface area contributed by atoms with E-state index in [1.165, 1.54) is 21.7 Å². The number of hydrogen-bond acceptors (Lipinski definition) is 7. The third-order valence-electron chi connectivity index (χ3n) is 6.82. The Balaban J connectivity index is 1.38. The molecule has 0 unspecified atom stereocenters. The standard InChI is InChI=1S/C28H26F4N6O3/c1-2-38-25-16(8-20(26(38)39)19-10-21(30)24(33)23(32)22(19)31)11-34-27(36-25)35-18-9-17(29)12-37(13-18)28(40)41-14-15-6-4-3-5-7-15/h3-8,10-11,17-18H,2,9,12-14,33H2,1H3,(H,34,35,36)/t17-,18-/m0/s1. The molecule has 1 aliphatic rings. The van der Waals surface area contributed by atoms with Gasteiger partial charge in [0.25, 0.3) is 5.56 Å². The number of halogens is 4. The van der Waals surface area contributed by atoms with Crippen LogP contribution in [0.1, 0.15) is 18.9 Å². The number of nitrogens with one attached hydrogen (secondary N) is 1. The number of aryl methyl sites for hydroxylation is 1. The van der Waals surface area contributed by atoms with Gasteiger partial charge < -0.3 is 20.7 Å². The van der Waals surface area contributed by atoms with Crippen LogP contribution in [0, 0.1) is 17.5 Å². The van der Waals surface area contributed by atoms with Crippen LogP contribution in [0.25, 0.3) is 22.2 Å². The fraction of sp³-hybridized carbons (Fsp3) is 0.286. The highest BCUT2D eigenvalue weighted by Gasteiger charge is 2.31. The lowest BCUT2D eigenvalue weighted by Crippen LogP contribution is -2.50. The van der Waals surface area contributed by atoms with Gasteiger partial charge in [0.05, 0.1) is 12.1 Å². The molecule has 0 bridgehead atoms. The molecule has 2 aromatic heterocycles. The number of carbonyl (C=O) groups is 1. The first-order valence-corrected chi connectivity index (χ1v) is 12.9. The van der Waals surface area contributed by atoms with Gasteiger partial charge in [0.15, 0.2) is 11.6 Å². The molecular formula is C28H26F4N6O3. The van der Waals surface area contributed by atoms with E-state index < -0.39 is 52.6 Å². The van der Waals surface area contributed by atoms with E-state index in [1.54, 1.807) is 6.92 Å². The topological polar surface area (TPSA) is 115 Å². The zero-order chi connectivity index (χ0) is 29.3. The Morgan fingerprint density at radius 1 is 1.12 bits per heavy atom. The van der Waals surface area contributed by atoms with Crippen LogP contribution in [-0.4, -0.2) is 50.8 Å². The van der Waals surface area contributed by atoms with Gasteiger partial charge in [0.1, 0.15) is 29.9 Å². The van der Waals surface area contributed by atoms with Crippen molar-refractivity contribution in [2.24, 2.45) is 0 Å². The molecule has 4 aromatic rings. The van der Waals surface area contributed by atoms with Crippen molar-refractivity contribution >= 4 is 28.8 Å². The summed E-state index contributed by atoms with van der Waals surface area (Å²) in [5.41, 5.74) is 3.60. The zero-order valence-electron chi connectivity index (χ0n) is 21.9. The molecule has 0 aliphatic carbocycles. The normalized spacial score (nSPS) is 17.0. The van der Waals surface area contributed by atoms with Crippen molar-refractivity contribution in [3.8, 4) is 11.1 Å². The quantitative estimate of drug-likeness (QED) is 0.197. The van der Waals surface area contributed by atoms with Crippen molar-refractivity contribution in [2.45, 2.75) is 38.7 Å². The van der Waals surface area contributed by atoms with Gasteiger partial charge in [-0.2, -0.15) is 4.98 Å². The molecule has 0 radical (unpaired) electrons. The maximum absolute atomic E-state index is 14.6. The Kier molecular flexibility index (Phi) is 7.77. The zero-order valence-corrected chi connectivity index (χ0v) is 21.9. The maximum Gasteiger partial charge on any atom is 0.410 e. The largest absolute Gasteiger partial charge is 0.445 e. The van der Waals surface area contributed by atoms with Crippen LogP contribution in [0.4, 0.5) is 34.0 Å². The molecule has 2 atom stereocenters. The number of nitrogens with two attached hydrogens (primary N) is 1. The number of hydrogen-bond donors (Lipinski definition) is 2. The number of carbonyl (C=O) groups excluding carboxylic acids is 1. The van der Waals surface area contributed by atoms with E-state index >= 15 is 0 Å². The summed E-state index contributed by atoms with van der Waals surface area (Å²) in [6, 6.07) is 10.4. The van der Waals surface area contributed by atoms with Crippen molar-refractivity contribution < 1.29 is 27.1 Å². The first-order valence-electron chi connectivity index (χ1n) is 12.9. The molecule has 9 nitrogen and oxygen atoms in total. The number of benzene rings is 2. The fourth-order valence-electron chi connectivity index (χ4n) is 4.80. The van der Waals surface area contributed by atoms with Gasteiger partial charge in [0.2, 0.25) is 5.95 Å². The van der Waals surface area contributed by atoms with Gasteiger partial charge in [-0.25, -0.2) is 27.3 Å². The Labute approximate surface area is 231 Å². The summed E-state index contributed by atoms with van der Waals surface area (Å²) in [6.45, 7) is 1.80. The highest BCUT2D eigenvalue weighted by Crippen LogP contribution is 2.29. The Morgan fingerprint density at radius 3 is 2.61 bits per heavy atom. The number of amides is 1. The Hall–Kier alpha value is -4.68. The van der Waals surface area contributed by atoms with Gasteiger partial charge in [-0.3, -0.25) is 9.36 Å². The van der Waals surface area contributed by atoms with E-state index in [9.17, 15) is 27.2 Å². The summed E-state index contributed by atoms with van der Waals surface area (Å²) < 4.78 is 64.0. The van der Waals surface area contributed by atoms with Crippen LogP contribution in [0.5, 0.6) is 0 Å². The second kappa shape index (κ2) is 11.4. The number of ether oxygens (including phenoxy) is 1. The number of likely N-dealkylation sites (tertiary alicyclic amines) is 1. The highest BCUT2D eigenvalue weighted by molar-refractivity contribution is 5.82. The number of nitrogen functional groups attached to an aromatic ring is 1. The van der Waals surface area contributed by atoms with Gasteiger partial charge in [-0.1, -0.05) is 30.3 Å². The van der Waals surface area contributed by atoms with E-state index in [2.05, 4.69) is 15.3 Å². The third kappa shape index (κ3) is 5.65. The number of nitrogens with zero attached hydrogens (tertiary/aromatic N) is 4. The molecule has 3 N–H and O–H groups in total. The minimum absolute atomic E-state index is 0.0507. The summed E-state index contributed by atoms with van der Waals surface area (Å²) >= 11 is 0. The number of alkyl halides is 1. The van der Waals surface area contributed by atoms with Crippen LogP contribution in [-0.2, 0) is 17.9 Å². The van der Waals surface area contributed by atoms with E-state index in [0.29, 0.717) is 11.5 Å². The van der Waals surface area contributed by atoms with Crippen LogP contribution in [0.2, 0.25) is 0 Å². The van der Waals surface area contributed by atoms with Crippen molar-refractivity contribution in [3.63, 3.8) is 0 Å². The number of rotatable bonds is 6. The minimum atomic E-state index is -1.59. The first kappa shape index (κ1) is 27.9. The van der Waals surface area contributed by atoms with Gasteiger partial charge in [0, 0.05) is 42.7 Å². The third-order valence-corrected chi connectivity index (χ3v) is 6.82. The van der Waals surface area contributed by atoms with E-state index in [1.807, 2.05) is 30.3 Å². The van der Waals surface area contributed by atoms with E-state index in [0.717, 1.165) is 5.56 Å². The number of fused-ring (bicyclic) bond motifs is 1. The summed E-state index contributed by atoms with van der Waals surface area (Å²) in [7, 11) is 0. The monoisotopic (exact) mass is 570 g/mol. The molecule has 1 aliphatic heterocycles. The summed E-state index contributed by atoms with van der Waals surface area (Å²) in [6.07, 6.45) is -0.546. The van der Waals surface area contributed by atoms with Crippen LogP contribution >= 0.6 is 0 Å². The second-order valence-electron chi connectivity index (χ2n) is 9.65. The molecule has 41 heavy (non-hydrogen) atoms. The SMILES string of the molecule is CCn1c(=O)c(-c2cc(F)c(N)c(F)c2F)cc2cnc(N[C@H]3C[C@H](F)CN(C(=O)OCc4ccccc4)C3)nc21. The summed E-state index contributed by atoms with van der Waals surface area (Å²) in [5, 5.41) is 3.30. The molecule has 1 saturated heterocycles. The molecule has 13 heteroatoms. The van der Waals surface area contributed by atoms with Crippen LogP contribution < -0.4 is 16.6 Å². The molecule has 1 amide bonds. The first-order chi connectivity index (χ1) is 19.7. The van der Waals surface area contributed by atoms with Crippen LogP contribution in [0.15, 0.2) is 53.5 Å². The minimum Gasteiger partial charge on any atom is -0.445 e. The average molecular weight is 571 g/mol. The lowest BCUT2D eigenvalue weighted by Gasteiger charge is -2.34. The predicted octanol–water partition coefficient (Wildman–Crippen LogP) is 4.64. The number of aromatic nitrogens is 3. The van der Waals surface area contributed by atoms with E-state index in [-0.39, 0.29) is 49.8 Å². The van der Waals surface area contributed by atoms with Gasteiger partial charge in [-0.15, -0.1) is 0 Å². The maximum atomic E-state index is 14.6. The van der Waals surface area contributed by atoms with E-state index in [4.69, 9.17) is 10.5 Å². The van der Waals surface area contributed by atoms with Gasteiger partial charge in [-0.05, 0) is 24.6 Å². The molecule has 2 aromatic carbocycles. The average Bonchev–Trinajstić information content (AvgIpc) is 2.97.